The van der Waals surface area contributed by atoms with Crippen molar-refractivity contribution in [1.29, 1.82) is 0 Å². The van der Waals surface area contributed by atoms with E-state index in [0.29, 0.717) is 5.91 Å². The molecule has 1 amide bonds. The number of hydrogen-bond donors (Lipinski definition) is 1. The van der Waals surface area contributed by atoms with Gasteiger partial charge in [-0.25, -0.2) is 4.98 Å². The molecule has 0 aromatic carbocycles. The summed E-state index contributed by atoms with van der Waals surface area (Å²) < 4.78 is 0. The van der Waals surface area contributed by atoms with Crippen LogP contribution in [0.4, 0.5) is 5.82 Å². The first-order chi connectivity index (χ1) is 11.8. The van der Waals surface area contributed by atoms with E-state index in [0.717, 1.165) is 56.8 Å². The quantitative estimate of drug-likeness (QED) is 0.941. The summed E-state index contributed by atoms with van der Waals surface area (Å²) in [5.74, 6) is 1.22. The summed E-state index contributed by atoms with van der Waals surface area (Å²) in [7, 11) is 0. The molecule has 0 spiro atoms. The minimum Gasteiger partial charge on any atom is -0.363 e. The Bertz CT molecular complexity index is 672. The minimum absolute atomic E-state index is 0.0521. The van der Waals surface area contributed by atoms with Crippen molar-refractivity contribution in [3.63, 3.8) is 0 Å². The lowest BCUT2D eigenvalue weighted by atomic mass is 9.96. The van der Waals surface area contributed by atoms with Gasteiger partial charge in [0.15, 0.2) is 0 Å². The molecule has 2 fully saturated rings. The van der Waals surface area contributed by atoms with Gasteiger partial charge in [-0.3, -0.25) is 9.78 Å². The molecule has 4 heterocycles. The smallest absolute Gasteiger partial charge is 0.228 e. The largest absolute Gasteiger partial charge is 0.363 e. The fraction of sp³-hybridized carbons (Fsp3) is 0.500. The van der Waals surface area contributed by atoms with E-state index in [1.165, 1.54) is 0 Å². The molecule has 2 aromatic heterocycles. The Morgan fingerprint density at radius 2 is 2.12 bits per heavy atom. The summed E-state index contributed by atoms with van der Waals surface area (Å²) in [6.07, 6.45) is 11.2. The molecule has 1 N–H and O–H groups in total. The van der Waals surface area contributed by atoms with Gasteiger partial charge >= 0.3 is 0 Å². The number of nitrogens with zero attached hydrogens (tertiary/aromatic N) is 4. The zero-order chi connectivity index (χ0) is 16.4. The number of aromatic amines is 1. The lowest BCUT2D eigenvalue weighted by Crippen LogP contribution is -2.45. The number of anilines is 1. The summed E-state index contributed by atoms with van der Waals surface area (Å²) in [6.45, 7) is 2.55. The number of likely N-dealkylation sites (tertiary alicyclic amines) is 1. The Balaban J connectivity index is 1.47. The third kappa shape index (κ3) is 2.88. The maximum absolute atomic E-state index is 13.1. The maximum atomic E-state index is 13.1. The van der Waals surface area contributed by atoms with Crippen molar-refractivity contribution in [3.8, 4) is 0 Å². The lowest BCUT2D eigenvalue weighted by Gasteiger charge is -2.35. The number of piperidine rings is 1. The van der Waals surface area contributed by atoms with Crippen LogP contribution in [-0.2, 0) is 4.79 Å². The number of nitrogens with one attached hydrogen (secondary N) is 1. The highest BCUT2D eigenvalue weighted by Gasteiger charge is 2.36. The van der Waals surface area contributed by atoms with Crippen LogP contribution in [-0.4, -0.2) is 45.4 Å². The van der Waals surface area contributed by atoms with Crippen molar-refractivity contribution in [2.45, 2.75) is 31.7 Å². The highest BCUT2D eigenvalue weighted by atomic mass is 16.2. The molecule has 2 aromatic rings. The van der Waals surface area contributed by atoms with Crippen molar-refractivity contribution in [2.75, 3.05) is 24.5 Å². The summed E-state index contributed by atoms with van der Waals surface area (Å²) >= 11 is 0. The van der Waals surface area contributed by atoms with Crippen LogP contribution in [0.5, 0.6) is 0 Å². The van der Waals surface area contributed by atoms with E-state index in [4.69, 9.17) is 0 Å². The first-order valence-electron chi connectivity index (χ1n) is 8.77. The minimum atomic E-state index is 0.0521. The van der Waals surface area contributed by atoms with Crippen molar-refractivity contribution in [2.24, 2.45) is 5.92 Å². The van der Waals surface area contributed by atoms with E-state index in [2.05, 4.69) is 30.8 Å². The highest BCUT2D eigenvalue weighted by Crippen LogP contribution is 2.33. The van der Waals surface area contributed by atoms with Gasteiger partial charge < -0.3 is 14.8 Å². The monoisotopic (exact) mass is 325 g/mol. The van der Waals surface area contributed by atoms with Gasteiger partial charge in [0.1, 0.15) is 5.82 Å². The first-order valence-corrected chi connectivity index (χ1v) is 8.77. The van der Waals surface area contributed by atoms with E-state index < -0.39 is 0 Å². The van der Waals surface area contributed by atoms with E-state index in [1.807, 2.05) is 12.3 Å². The molecule has 2 saturated heterocycles. The summed E-state index contributed by atoms with van der Waals surface area (Å²) in [5, 5.41) is 0. The molecule has 0 saturated carbocycles. The molecule has 2 aliphatic heterocycles. The topological polar surface area (TPSA) is 65.1 Å². The second-order valence-electron chi connectivity index (χ2n) is 6.66. The standard InChI is InChI=1S/C18H23N5O/c24-18(23-11-3-6-16(23)15-5-1-7-20-15)14-4-2-10-22(13-14)17-12-19-8-9-21-17/h1,5,7-9,12,14,16,20H,2-4,6,10-11,13H2/t14-,16-/m1/s1. The number of rotatable bonds is 3. The van der Waals surface area contributed by atoms with Gasteiger partial charge in [-0.15, -0.1) is 0 Å². The fourth-order valence-corrected chi connectivity index (χ4v) is 3.98. The van der Waals surface area contributed by atoms with Gasteiger partial charge in [0.25, 0.3) is 0 Å². The van der Waals surface area contributed by atoms with Gasteiger partial charge in [0, 0.05) is 43.9 Å². The molecule has 0 bridgehead atoms. The second-order valence-corrected chi connectivity index (χ2v) is 6.66. The van der Waals surface area contributed by atoms with Gasteiger partial charge in [-0.2, -0.15) is 0 Å². The average molecular weight is 325 g/mol. The van der Waals surface area contributed by atoms with Crippen LogP contribution in [0.25, 0.3) is 0 Å². The predicted molar refractivity (Wildman–Crippen MR) is 91.4 cm³/mol. The number of amides is 1. The number of aromatic nitrogens is 3. The van der Waals surface area contributed by atoms with E-state index in [9.17, 15) is 4.79 Å². The Kier molecular flexibility index (Phi) is 4.19. The summed E-state index contributed by atoms with van der Waals surface area (Å²) in [5.41, 5.74) is 1.16. The molecule has 6 nitrogen and oxygen atoms in total. The van der Waals surface area contributed by atoms with Crippen LogP contribution in [0.3, 0.4) is 0 Å². The Morgan fingerprint density at radius 1 is 1.21 bits per heavy atom. The molecule has 0 radical (unpaired) electrons. The van der Waals surface area contributed by atoms with Gasteiger partial charge in [0.05, 0.1) is 18.2 Å². The molecule has 0 aliphatic carbocycles. The van der Waals surface area contributed by atoms with Crippen molar-refractivity contribution < 1.29 is 4.79 Å². The van der Waals surface area contributed by atoms with Crippen molar-refractivity contribution in [3.05, 3.63) is 42.6 Å². The number of carbonyl (C=O) groups excluding carboxylic acids is 1. The third-order valence-corrected chi connectivity index (χ3v) is 5.16. The molecule has 24 heavy (non-hydrogen) atoms. The first kappa shape index (κ1) is 15.2. The summed E-state index contributed by atoms with van der Waals surface area (Å²) in [4.78, 5) is 29.2. The van der Waals surface area contributed by atoms with Crippen LogP contribution >= 0.6 is 0 Å². The molecule has 2 atom stereocenters. The molecule has 6 heteroatoms. The number of carbonyl (C=O) groups is 1. The number of H-pyrrole nitrogens is 1. The predicted octanol–water partition coefficient (Wildman–Crippen LogP) is 2.38. The number of hydrogen-bond acceptors (Lipinski definition) is 4. The van der Waals surface area contributed by atoms with E-state index in [1.54, 1.807) is 18.6 Å². The molecule has 2 aliphatic rings. The van der Waals surface area contributed by atoms with Crippen LogP contribution in [0.2, 0.25) is 0 Å². The van der Waals surface area contributed by atoms with Crippen LogP contribution in [0, 0.1) is 5.92 Å². The molecular weight excluding hydrogens is 302 g/mol. The third-order valence-electron chi connectivity index (χ3n) is 5.16. The maximum Gasteiger partial charge on any atom is 0.228 e. The van der Waals surface area contributed by atoms with Crippen molar-refractivity contribution in [1.82, 2.24) is 19.9 Å². The van der Waals surface area contributed by atoms with E-state index >= 15 is 0 Å². The average Bonchev–Trinajstić information content (AvgIpc) is 3.33. The normalized spacial score (nSPS) is 24.3. The van der Waals surface area contributed by atoms with Crippen LogP contribution in [0.15, 0.2) is 36.9 Å². The molecular formula is C18H23N5O. The van der Waals surface area contributed by atoms with Gasteiger partial charge in [-0.1, -0.05) is 0 Å². The highest BCUT2D eigenvalue weighted by molar-refractivity contribution is 5.80. The van der Waals surface area contributed by atoms with Crippen LogP contribution in [0.1, 0.15) is 37.4 Å². The fourth-order valence-electron chi connectivity index (χ4n) is 3.98. The van der Waals surface area contributed by atoms with E-state index in [-0.39, 0.29) is 12.0 Å². The van der Waals surface area contributed by atoms with Gasteiger partial charge in [-0.05, 0) is 37.8 Å². The zero-order valence-electron chi connectivity index (χ0n) is 13.8. The lowest BCUT2D eigenvalue weighted by molar-refractivity contribution is -0.136. The Morgan fingerprint density at radius 3 is 2.92 bits per heavy atom. The zero-order valence-corrected chi connectivity index (χ0v) is 13.8. The second kappa shape index (κ2) is 6.63. The molecule has 126 valence electrons. The Labute approximate surface area is 141 Å². The summed E-state index contributed by atoms with van der Waals surface area (Å²) in [6, 6.07) is 4.30. The van der Waals surface area contributed by atoms with Crippen molar-refractivity contribution >= 4 is 11.7 Å². The van der Waals surface area contributed by atoms with Gasteiger partial charge in [0.2, 0.25) is 5.91 Å². The van der Waals surface area contributed by atoms with Crippen LogP contribution < -0.4 is 4.90 Å². The molecule has 4 rings (SSSR count). The molecule has 0 unspecified atom stereocenters. The SMILES string of the molecule is O=C([C@@H]1CCCN(c2cnccn2)C1)N1CCC[C@@H]1c1ccc[nH]1. The Hall–Kier alpha value is -2.37.